The number of hydrogen-bond acceptors (Lipinski definition) is 5. The molecule has 41 heavy (non-hydrogen) atoms. The predicted molar refractivity (Wildman–Crippen MR) is 146 cm³/mol. The first-order chi connectivity index (χ1) is 19.2. The summed E-state index contributed by atoms with van der Waals surface area (Å²) in [6, 6.07) is -1.85. The number of aliphatic carboxylic acids is 1. The SMILES string of the molecule is CCCCCCCCCCCCCCC=C(SC[C@H](NC(=O)C(F)(F)F)C(=O)NCC(=O)O)[C@@H](O)CCC(F)(F)F. The molecule has 0 saturated carbocycles. The van der Waals surface area contributed by atoms with Crippen LogP contribution in [0.1, 0.15) is 103 Å². The number of amides is 2. The Morgan fingerprint density at radius 2 is 1.37 bits per heavy atom. The van der Waals surface area contributed by atoms with E-state index in [0.29, 0.717) is 24.6 Å². The summed E-state index contributed by atoms with van der Waals surface area (Å²) in [5.74, 6) is -5.70. The molecule has 4 N–H and O–H groups in total. The van der Waals surface area contributed by atoms with Gasteiger partial charge in [-0.25, -0.2) is 0 Å². The van der Waals surface area contributed by atoms with Gasteiger partial charge in [0, 0.05) is 17.1 Å². The number of hydrogen-bond donors (Lipinski definition) is 4. The number of rotatable bonds is 23. The molecule has 0 saturated heterocycles. The van der Waals surface area contributed by atoms with Crippen LogP contribution in [0.3, 0.4) is 0 Å². The molecule has 0 aliphatic carbocycles. The van der Waals surface area contributed by atoms with Crippen LogP contribution in [0.15, 0.2) is 11.0 Å². The molecule has 0 rings (SSSR count). The van der Waals surface area contributed by atoms with E-state index < -0.39 is 67.4 Å². The van der Waals surface area contributed by atoms with Crippen LogP contribution in [0.4, 0.5) is 26.3 Å². The Bertz CT molecular complexity index is 793. The van der Waals surface area contributed by atoms with Gasteiger partial charge in [0.05, 0.1) is 6.10 Å². The Kier molecular flexibility index (Phi) is 20.7. The second kappa shape index (κ2) is 21.7. The molecule has 0 unspecified atom stereocenters. The highest BCUT2D eigenvalue weighted by molar-refractivity contribution is 8.03. The van der Waals surface area contributed by atoms with Gasteiger partial charge in [-0.3, -0.25) is 14.4 Å². The molecule has 0 aromatic rings. The van der Waals surface area contributed by atoms with E-state index in [9.17, 15) is 45.8 Å². The van der Waals surface area contributed by atoms with Crippen molar-refractivity contribution in [1.29, 1.82) is 0 Å². The maximum absolute atomic E-state index is 12.7. The topological polar surface area (TPSA) is 116 Å². The van der Waals surface area contributed by atoms with Gasteiger partial charge >= 0.3 is 24.2 Å². The molecule has 0 aromatic carbocycles. The highest BCUT2D eigenvalue weighted by atomic mass is 32.2. The van der Waals surface area contributed by atoms with E-state index in [0.717, 1.165) is 25.7 Å². The van der Waals surface area contributed by atoms with Crippen molar-refractivity contribution in [2.75, 3.05) is 12.3 Å². The highest BCUT2D eigenvalue weighted by Crippen LogP contribution is 2.29. The lowest BCUT2D eigenvalue weighted by atomic mass is 10.0. The van der Waals surface area contributed by atoms with Crippen molar-refractivity contribution in [2.45, 2.75) is 128 Å². The van der Waals surface area contributed by atoms with Crippen LogP contribution in [0, 0.1) is 0 Å². The second-order valence-electron chi connectivity index (χ2n) is 9.90. The summed E-state index contributed by atoms with van der Waals surface area (Å²) in [6.07, 6.45) is 1.79. The summed E-state index contributed by atoms with van der Waals surface area (Å²) in [6.45, 7) is 1.26. The van der Waals surface area contributed by atoms with Gasteiger partial charge in [-0.05, 0) is 19.3 Å². The van der Waals surface area contributed by atoms with Crippen molar-refractivity contribution in [1.82, 2.24) is 10.6 Å². The van der Waals surface area contributed by atoms with Gasteiger partial charge in [-0.1, -0.05) is 83.6 Å². The Balaban J connectivity index is 5.00. The van der Waals surface area contributed by atoms with Crippen molar-refractivity contribution in [3.05, 3.63) is 11.0 Å². The van der Waals surface area contributed by atoms with Gasteiger partial charge in [0.1, 0.15) is 12.6 Å². The number of carboxylic acid groups (broad SMARTS) is 1. The Labute approximate surface area is 242 Å². The quantitative estimate of drug-likeness (QED) is 0.0750. The number of carboxylic acids is 1. The molecule has 0 bridgehead atoms. The zero-order valence-corrected chi connectivity index (χ0v) is 24.4. The van der Waals surface area contributed by atoms with E-state index in [1.165, 1.54) is 56.3 Å². The fourth-order valence-electron chi connectivity index (χ4n) is 3.85. The molecular weight excluding hydrogens is 578 g/mol. The minimum atomic E-state index is -5.32. The van der Waals surface area contributed by atoms with Crippen molar-refractivity contribution in [3.63, 3.8) is 0 Å². The monoisotopic (exact) mass is 622 g/mol. The predicted octanol–water partition coefficient (Wildman–Crippen LogP) is 6.65. The number of halogens is 6. The minimum absolute atomic E-state index is 0.0367. The lowest BCUT2D eigenvalue weighted by Crippen LogP contribution is -2.52. The first-order valence-electron chi connectivity index (χ1n) is 14.1. The van der Waals surface area contributed by atoms with E-state index in [-0.39, 0.29) is 4.91 Å². The molecule has 0 spiro atoms. The van der Waals surface area contributed by atoms with E-state index in [1.807, 2.05) is 5.32 Å². The average molecular weight is 623 g/mol. The molecule has 0 radical (unpaired) electrons. The Morgan fingerprint density at radius 1 is 0.854 bits per heavy atom. The molecule has 14 heteroatoms. The number of carbonyl (C=O) groups is 3. The molecule has 0 fully saturated rings. The van der Waals surface area contributed by atoms with Crippen LogP contribution in [-0.2, 0) is 14.4 Å². The Morgan fingerprint density at radius 3 is 1.83 bits per heavy atom. The zero-order chi connectivity index (χ0) is 31.3. The summed E-state index contributed by atoms with van der Waals surface area (Å²) in [4.78, 5) is 34.4. The summed E-state index contributed by atoms with van der Waals surface area (Å²) < 4.78 is 76.3. The number of aliphatic hydroxyl groups excluding tert-OH is 1. The molecule has 0 aliphatic rings. The fourth-order valence-corrected chi connectivity index (χ4v) is 4.99. The number of thioether (sulfide) groups is 1. The summed E-state index contributed by atoms with van der Waals surface area (Å²) in [5, 5.41) is 22.4. The highest BCUT2D eigenvalue weighted by Gasteiger charge is 2.41. The van der Waals surface area contributed by atoms with Crippen molar-refractivity contribution >= 4 is 29.5 Å². The smallest absolute Gasteiger partial charge is 0.471 e. The molecule has 240 valence electrons. The van der Waals surface area contributed by atoms with Gasteiger partial charge in [-0.2, -0.15) is 26.3 Å². The maximum Gasteiger partial charge on any atom is 0.471 e. The molecule has 0 aromatic heterocycles. The lowest BCUT2D eigenvalue weighted by Gasteiger charge is -2.21. The molecule has 2 amide bonds. The van der Waals surface area contributed by atoms with Crippen LogP contribution in [-0.4, -0.2) is 64.8 Å². The molecule has 2 atom stereocenters. The lowest BCUT2D eigenvalue weighted by molar-refractivity contribution is -0.174. The van der Waals surface area contributed by atoms with Gasteiger partial charge in [0.2, 0.25) is 5.91 Å². The number of unbranched alkanes of at least 4 members (excludes halogenated alkanes) is 12. The maximum atomic E-state index is 12.7. The molecule has 0 aliphatic heterocycles. The Hall–Kier alpha value is -1.96. The first-order valence-corrected chi connectivity index (χ1v) is 15.1. The van der Waals surface area contributed by atoms with Gasteiger partial charge in [0.25, 0.3) is 0 Å². The average Bonchev–Trinajstić information content (AvgIpc) is 2.88. The van der Waals surface area contributed by atoms with Crippen LogP contribution in [0.2, 0.25) is 0 Å². The summed E-state index contributed by atoms with van der Waals surface area (Å²) in [5.41, 5.74) is 0. The van der Waals surface area contributed by atoms with Crippen LogP contribution >= 0.6 is 11.8 Å². The zero-order valence-electron chi connectivity index (χ0n) is 23.5. The summed E-state index contributed by atoms with van der Waals surface area (Å²) in [7, 11) is 0. The van der Waals surface area contributed by atoms with Crippen LogP contribution in [0.25, 0.3) is 0 Å². The molecule has 0 heterocycles. The number of alkyl halides is 6. The first kappa shape index (κ1) is 39.0. The number of aliphatic hydroxyl groups is 1. The largest absolute Gasteiger partial charge is 0.480 e. The third-order valence-corrected chi connectivity index (χ3v) is 7.41. The van der Waals surface area contributed by atoms with Gasteiger partial charge < -0.3 is 20.8 Å². The van der Waals surface area contributed by atoms with E-state index in [4.69, 9.17) is 5.11 Å². The van der Waals surface area contributed by atoms with Crippen LogP contribution < -0.4 is 10.6 Å². The van der Waals surface area contributed by atoms with E-state index >= 15 is 0 Å². The van der Waals surface area contributed by atoms with Crippen molar-refractivity contribution in [3.8, 4) is 0 Å². The third-order valence-electron chi connectivity index (χ3n) is 6.14. The number of allylic oxidation sites excluding steroid dienone is 1. The summed E-state index contributed by atoms with van der Waals surface area (Å²) >= 11 is 0.641. The molecule has 7 nitrogen and oxygen atoms in total. The van der Waals surface area contributed by atoms with E-state index in [1.54, 1.807) is 0 Å². The number of carbonyl (C=O) groups excluding carboxylic acids is 2. The second-order valence-corrected chi connectivity index (χ2v) is 11.0. The number of nitrogens with one attached hydrogen (secondary N) is 2. The van der Waals surface area contributed by atoms with Crippen LogP contribution in [0.5, 0.6) is 0 Å². The van der Waals surface area contributed by atoms with Crippen molar-refractivity contribution in [2.24, 2.45) is 0 Å². The normalized spacial score (nSPS) is 14.0. The third kappa shape index (κ3) is 22.3. The van der Waals surface area contributed by atoms with E-state index in [2.05, 4.69) is 6.92 Å². The minimum Gasteiger partial charge on any atom is -0.480 e. The standard InChI is InChI=1S/C27H44F6N2O5S/c1-2-3-4-5-6-7-8-9-10-11-12-13-14-15-22(21(36)16-17-26(28,29)30)41-19-20(24(39)34-18-23(37)38)35-25(40)27(31,32)33/h15,20-21,36H,2-14,16-19H2,1H3,(H,34,39)(H,35,40)(H,37,38)/t20-,21-/m0/s1. The van der Waals surface area contributed by atoms with Gasteiger partial charge in [0.15, 0.2) is 0 Å². The van der Waals surface area contributed by atoms with Crippen molar-refractivity contribution < 1.29 is 50.9 Å². The van der Waals surface area contributed by atoms with Gasteiger partial charge in [-0.15, -0.1) is 11.8 Å². The molecular formula is C27H44F6N2O5S. The fraction of sp³-hybridized carbons (Fsp3) is 0.815.